The third-order valence-corrected chi connectivity index (χ3v) is 9.42. The van der Waals surface area contributed by atoms with Crippen LogP contribution >= 0.6 is 0 Å². The third kappa shape index (κ3) is 4.46. The second kappa shape index (κ2) is 10.5. The summed E-state index contributed by atoms with van der Waals surface area (Å²) < 4.78 is 0. The van der Waals surface area contributed by atoms with Crippen molar-refractivity contribution in [3.63, 3.8) is 0 Å². The number of benzene rings is 6. The van der Waals surface area contributed by atoms with Crippen molar-refractivity contribution in [3.05, 3.63) is 157 Å². The molecule has 0 radical (unpaired) electrons. The summed E-state index contributed by atoms with van der Waals surface area (Å²) in [5.41, 5.74) is 8.45. The van der Waals surface area contributed by atoms with E-state index in [1.54, 1.807) is 0 Å². The molecule has 0 saturated heterocycles. The van der Waals surface area contributed by atoms with Crippen molar-refractivity contribution in [3.8, 4) is 11.1 Å². The maximum atomic E-state index is 5.10. The van der Waals surface area contributed by atoms with Gasteiger partial charge in [-0.05, 0) is 84.8 Å². The van der Waals surface area contributed by atoms with Gasteiger partial charge in [-0.15, -0.1) is 0 Å². The molecule has 1 unspecified atom stereocenters. The summed E-state index contributed by atoms with van der Waals surface area (Å²) >= 11 is 0. The minimum atomic E-state index is -0.200. The van der Waals surface area contributed by atoms with E-state index in [-0.39, 0.29) is 5.41 Å². The van der Waals surface area contributed by atoms with Crippen LogP contribution in [0, 0.1) is 5.41 Å². The Labute approximate surface area is 259 Å². The summed E-state index contributed by atoms with van der Waals surface area (Å²) in [5, 5.41) is 7.86. The molecule has 1 aliphatic carbocycles. The average Bonchev–Trinajstić information content (AvgIpc) is 3.09. The van der Waals surface area contributed by atoms with Crippen LogP contribution in [0.3, 0.4) is 0 Å². The van der Waals surface area contributed by atoms with Crippen molar-refractivity contribution < 1.29 is 0 Å². The van der Waals surface area contributed by atoms with Crippen molar-refractivity contribution in [2.24, 2.45) is 10.4 Å². The summed E-state index contributed by atoms with van der Waals surface area (Å²) in [6.45, 7) is 2.98. The molecular formula is C42H34N2. The summed E-state index contributed by atoms with van der Waals surface area (Å²) in [5.74, 6) is 0. The molecule has 1 atom stereocenters. The Morgan fingerprint density at radius 1 is 0.591 bits per heavy atom. The molecule has 2 heteroatoms. The van der Waals surface area contributed by atoms with Gasteiger partial charge in [-0.3, -0.25) is 4.99 Å². The molecule has 0 saturated carbocycles. The highest BCUT2D eigenvalue weighted by atomic mass is 15.2. The van der Waals surface area contributed by atoms with Gasteiger partial charge < -0.3 is 4.90 Å². The highest BCUT2D eigenvalue weighted by Gasteiger charge is 2.32. The molecule has 1 aliphatic heterocycles. The third-order valence-electron chi connectivity index (χ3n) is 9.42. The van der Waals surface area contributed by atoms with Gasteiger partial charge in [0.1, 0.15) is 6.67 Å². The molecule has 8 rings (SSSR count). The highest BCUT2D eigenvalue weighted by Crippen LogP contribution is 2.42. The van der Waals surface area contributed by atoms with Gasteiger partial charge in [0.2, 0.25) is 0 Å². The predicted molar refractivity (Wildman–Crippen MR) is 189 cm³/mol. The molecule has 44 heavy (non-hydrogen) atoms. The van der Waals surface area contributed by atoms with E-state index in [2.05, 4.69) is 165 Å². The molecule has 1 heterocycles. The zero-order valence-electron chi connectivity index (χ0n) is 25.2. The van der Waals surface area contributed by atoms with E-state index in [4.69, 9.17) is 4.99 Å². The Bertz CT molecular complexity index is 2160. The molecule has 2 nitrogen and oxygen atoms in total. The van der Waals surface area contributed by atoms with E-state index < -0.39 is 0 Å². The zero-order chi connectivity index (χ0) is 29.7. The number of rotatable bonds is 4. The number of hydrogen-bond acceptors (Lipinski definition) is 2. The molecule has 0 amide bonds. The van der Waals surface area contributed by atoms with Crippen molar-refractivity contribution >= 4 is 49.3 Å². The fraction of sp³-hybridized carbons (Fsp3) is 0.119. The van der Waals surface area contributed by atoms with Gasteiger partial charge in [-0.1, -0.05) is 134 Å². The topological polar surface area (TPSA) is 15.6 Å². The van der Waals surface area contributed by atoms with Gasteiger partial charge in [0.05, 0.1) is 0 Å². The van der Waals surface area contributed by atoms with Crippen LogP contribution < -0.4 is 0 Å². The zero-order valence-corrected chi connectivity index (χ0v) is 25.2. The molecule has 0 N–H and O–H groups in total. The van der Waals surface area contributed by atoms with Crippen LogP contribution in [0.4, 0.5) is 0 Å². The summed E-state index contributed by atoms with van der Waals surface area (Å²) in [7, 11) is 2.13. The van der Waals surface area contributed by atoms with Gasteiger partial charge >= 0.3 is 0 Å². The Kier molecular flexibility index (Phi) is 6.31. The smallest absolute Gasteiger partial charge is 0.110 e. The van der Waals surface area contributed by atoms with Gasteiger partial charge in [-0.25, -0.2) is 0 Å². The maximum absolute atomic E-state index is 5.10. The lowest BCUT2D eigenvalue weighted by Crippen LogP contribution is -2.32. The van der Waals surface area contributed by atoms with Crippen LogP contribution in [0.15, 0.2) is 151 Å². The number of allylic oxidation sites excluding steroid dienone is 5. The first-order valence-electron chi connectivity index (χ1n) is 15.4. The van der Waals surface area contributed by atoms with Crippen LogP contribution in [0.25, 0.3) is 54.7 Å². The lowest BCUT2D eigenvalue weighted by molar-refractivity contribution is 0.483. The SMILES string of the molecule is CN1CN=C(C2(C)C=CC=C(c3ccc4c5ccccc5c5ccccc5c4c3)C2)C=C1c1cccc(-c2ccccc2)c1. The monoisotopic (exact) mass is 566 g/mol. The lowest BCUT2D eigenvalue weighted by atomic mass is 9.74. The first kappa shape index (κ1) is 26.4. The van der Waals surface area contributed by atoms with Crippen molar-refractivity contribution in [1.29, 1.82) is 0 Å². The quantitative estimate of drug-likeness (QED) is 0.194. The number of fused-ring (bicyclic) bond motifs is 6. The Morgan fingerprint density at radius 3 is 1.93 bits per heavy atom. The normalized spacial score (nSPS) is 18.4. The Hall–Kier alpha value is -5.21. The van der Waals surface area contributed by atoms with E-state index >= 15 is 0 Å². The second-order valence-corrected chi connectivity index (χ2v) is 12.4. The molecular weight excluding hydrogens is 532 g/mol. The van der Waals surface area contributed by atoms with E-state index in [1.807, 2.05) is 0 Å². The minimum absolute atomic E-state index is 0.200. The van der Waals surface area contributed by atoms with Crippen LogP contribution in [0.2, 0.25) is 0 Å². The fourth-order valence-electron chi connectivity index (χ4n) is 7.05. The Morgan fingerprint density at radius 2 is 1.20 bits per heavy atom. The standard InChI is InChI=1S/C42H34N2/c1-42(41-26-40(44(2)28-43-41)32-15-10-14-30(24-32)29-12-4-3-5-13-29)23-11-16-33(27-42)31-21-22-38-36-19-7-6-17-34(36)35-18-8-9-20-37(35)39(38)25-31/h3-26H,27-28H2,1-2H3. The fourth-order valence-corrected chi connectivity index (χ4v) is 7.05. The molecule has 6 aromatic rings. The first-order valence-corrected chi connectivity index (χ1v) is 15.4. The van der Waals surface area contributed by atoms with Gasteiger partial charge in [0.15, 0.2) is 0 Å². The van der Waals surface area contributed by atoms with Crippen molar-refractivity contribution in [1.82, 2.24) is 4.90 Å². The minimum Gasteiger partial charge on any atom is -0.355 e. The molecule has 2 aliphatic rings. The lowest BCUT2D eigenvalue weighted by Gasteiger charge is -2.35. The maximum Gasteiger partial charge on any atom is 0.110 e. The van der Waals surface area contributed by atoms with Crippen molar-refractivity contribution in [2.75, 3.05) is 13.7 Å². The molecule has 0 bridgehead atoms. The highest BCUT2D eigenvalue weighted by molar-refractivity contribution is 6.25. The van der Waals surface area contributed by atoms with Crippen LogP contribution in [0.5, 0.6) is 0 Å². The van der Waals surface area contributed by atoms with Crippen LogP contribution in [-0.2, 0) is 0 Å². The number of hydrogen-bond donors (Lipinski definition) is 0. The largest absolute Gasteiger partial charge is 0.355 e. The van der Waals surface area contributed by atoms with Crippen LogP contribution in [0.1, 0.15) is 24.5 Å². The Balaban J connectivity index is 1.15. The summed E-state index contributed by atoms with van der Waals surface area (Å²) in [6.07, 6.45) is 10.1. The number of nitrogens with zero attached hydrogens (tertiary/aromatic N) is 2. The van der Waals surface area contributed by atoms with E-state index in [0.717, 1.165) is 12.1 Å². The summed E-state index contributed by atoms with van der Waals surface area (Å²) in [6, 6.07) is 44.1. The van der Waals surface area contributed by atoms with Crippen molar-refractivity contribution in [2.45, 2.75) is 13.3 Å². The van der Waals surface area contributed by atoms with E-state index in [9.17, 15) is 0 Å². The first-order chi connectivity index (χ1) is 21.6. The average molecular weight is 567 g/mol. The van der Waals surface area contributed by atoms with Gasteiger partial charge in [0, 0.05) is 23.9 Å². The number of aliphatic imine (C=N–C) groups is 1. The molecule has 212 valence electrons. The molecule has 0 fully saturated rings. The van der Waals surface area contributed by atoms with Gasteiger partial charge in [0.25, 0.3) is 0 Å². The second-order valence-electron chi connectivity index (χ2n) is 12.4. The predicted octanol–water partition coefficient (Wildman–Crippen LogP) is 10.5. The van der Waals surface area contributed by atoms with Gasteiger partial charge in [-0.2, -0.15) is 0 Å². The molecule has 0 spiro atoms. The molecule has 0 aromatic heterocycles. The van der Waals surface area contributed by atoms with E-state index in [0.29, 0.717) is 6.67 Å². The molecule has 6 aromatic carbocycles. The van der Waals surface area contributed by atoms with E-state index in [1.165, 1.54) is 65.8 Å². The van der Waals surface area contributed by atoms with Crippen LogP contribution in [-0.4, -0.2) is 24.3 Å². The summed E-state index contributed by atoms with van der Waals surface area (Å²) in [4.78, 5) is 7.35.